The molecule has 4 rings (SSSR count). The summed E-state index contributed by atoms with van der Waals surface area (Å²) in [7, 11) is -1.33. The van der Waals surface area contributed by atoms with Gasteiger partial charge >= 0.3 is 0 Å². The molecule has 1 aromatic carbocycles. The van der Waals surface area contributed by atoms with Gasteiger partial charge < -0.3 is 24.4 Å². The Labute approximate surface area is 243 Å². The molecule has 3 aromatic heterocycles. The lowest BCUT2D eigenvalue weighted by molar-refractivity contribution is -0.0324. The van der Waals surface area contributed by atoms with E-state index in [1.165, 1.54) is 38.1 Å². The second kappa shape index (κ2) is 13.2. The summed E-state index contributed by atoms with van der Waals surface area (Å²) in [6.07, 6.45) is 3.89. The van der Waals surface area contributed by atoms with Gasteiger partial charge in [0.25, 0.3) is 0 Å². The van der Waals surface area contributed by atoms with E-state index in [1.807, 2.05) is 13.0 Å². The largest absolute Gasteiger partial charge is 0.494 e. The third-order valence-electron chi connectivity index (χ3n) is 6.31. The molecule has 42 heavy (non-hydrogen) atoms. The summed E-state index contributed by atoms with van der Waals surface area (Å²) in [5, 5.41) is 26.3. The number of hydrogen-bond acceptors (Lipinski definition) is 12. The molecule has 3 atom stereocenters. The summed E-state index contributed by atoms with van der Waals surface area (Å²) in [5.74, 6) is 0.955. The summed E-state index contributed by atoms with van der Waals surface area (Å²) in [4.78, 5) is 12.7. The third-order valence-corrected chi connectivity index (χ3v) is 8.00. The van der Waals surface area contributed by atoms with E-state index in [9.17, 15) is 18.6 Å². The number of ether oxygens (including phenoxy) is 3. The fourth-order valence-electron chi connectivity index (χ4n) is 4.10. The monoisotopic (exact) mass is 599 g/mol. The lowest BCUT2D eigenvalue weighted by atomic mass is 10.2. The molecule has 0 aliphatic rings. The zero-order valence-corrected chi connectivity index (χ0v) is 24.6. The van der Waals surface area contributed by atoms with Crippen molar-refractivity contribution >= 4 is 16.0 Å². The first-order valence-electron chi connectivity index (χ1n) is 12.9. The standard InChI is InChI=1S/C27H33N7O7S/c1-16-9-19(13-28-10-16)26-31-32-27(34(26)23-21(39-4)7-6-8-22(23)40-5)33-42(37,38)18(3)24(41-15-20(36)14-35)25-29-11-17(2)12-30-25/h6-13,18,20,24,35-36H,14-15H2,1-5H3,(H,32,33)/t18-,20+,24+/m1/s1. The van der Waals surface area contributed by atoms with E-state index in [2.05, 4.69) is 29.9 Å². The molecular weight excluding hydrogens is 566 g/mol. The Hall–Kier alpha value is -4.18. The first-order valence-corrected chi connectivity index (χ1v) is 14.4. The fraction of sp³-hybridized carbons (Fsp3) is 0.370. The van der Waals surface area contributed by atoms with Gasteiger partial charge in [-0.25, -0.2) is 18.4 Å². The molecule has 0 aliphatic heterocycles. The highest BCUT2D eigenvalue weighted by molar-refractivity contribution is 7.93. The molecule has 0 amide bonds. The van der Waals surface area contributed by atoms with Crippen molar-refractivity contribution in [2.75, 3.05) is 32.2 Å². The molecule has 0 fully saturated rings. The number of anilines is 1. The SMILES string of the molecule is COc1cccc(OC)c1-n1c(NS(=O)(=O)[C@H](C)[C@H](OC[C@@H](O)CO)c2ncc(C)cn2)nnc1-c1cncc(C)c1. The van der Waals surface area contributed by atoms with Gasteiger partial charge in [-0.05, 0) is 50.1 Å². The number of hydrogen-bond donors (Lipinski definition) is 3. The molecule has 0 aliphatic carbocycles. The Kier molecular flexibility index (Phi) is 9.67. The van der Waals surface area contributed by atoms with Gasteiger partial charge in [0.15, 0.2) is 11.6 Å². The maximum atomic E-state index is 13.9. The number of aliphatic hydroxyl groups is 2. The number of aromatic nitrogens is 6. The van der Waals surface area contributed by atoms with Crippen LogP contribution in [0.3, 0.4) is 0 Å². The van der Waals surface area contributed by atoms with Crippen LogP contribution in [0.5, 0.6) is 11.5 Å². The van der Waals surface area contributed by atoms with Crippen LogP contribution in [-0.2, 0) is 14.8 Å². The predicted molar refractivity (Wildman–Crippen MR) is 153 cm³/mol. The summed E-state index contributed by atoms with van der Waals surface area (Å²) >= 11 is 0. The van der Waals surface area contributed by atoms with Crippen LogP contribution in [0.15, 0.2) is 49.1 Å². The van der Waals surface area contributed by atoms with Gasteiger partial charge in [0.05, 0.1) is 27.4 Å². The van der Waals surface area contributed by atoms with E-state index < -0.39 is 34.1 Å². The lowest BCUT2D eigenvalue weighted by Crippen LogP contribution is -2.35. The van der Waals surface area contributed by atoms with Crippen LogP contribution in [0.2, 0.25) is 0 Å². The minimum atomic E-state index is -4.29. The van der Waals surface area contributed by atoms with Crippen LogP contribution in [0.1, 0.15) is 30.0 Å². The molecule has 14 nitrogen and oxygen atoms in total. The van der Waals surface area contributed by atoms with Gasteiger partial charge in [-0.2, -0.15) is 0 Å². The summed E-state index contributed by atoms with van der Waals surface area (Å²) in [6, 6.07) is 6.96. The second-order valence-corrected chi connectivity index (χ2v) is 11.5. The normalized spacial score (nSPS) is 13.8. The number of methoxy groups -OCH3 is 2. The fourth-order valence-corrected chi connectivity index (χ4v) is 5.20. The molecular formula is C27H33N7O7S. The van der Waals surface area contributed by atoms with Gasteiger partial charge in [0.1, 0.15) is 34.6 Å². The molecule has 0 saturated carbocycles. The first kappa shape index (κ1) is 30.8. The summed E-state index contributed by atoms with van der Waals surface area (Å²) in [6.45, 7) is 4.15. The molecule has 0 radical (unpaired) electrons. The topological polar surface area (TPSA) is 184 Å². The number of rotatable bonds is 13. The summed E-state index contributed by atoms with van der Waals surface area (Å²) < 4.78 is 48.7. The van der Waals surface area contributed by atoms with E-state index in [4.69, 9.17) is 14.2 Å². The number of pyridine rings is 1. The average Bonchev–Trinajstić information content (AvgIpc) is 3.39. The van der Waals surface area contributed by atoms with Crippen LogP contribution in [0.25, 0.3) is 17.1 Å². The predicted octanol–water partition coefficient (Wildman–Crippen LogP) is 1.99. The van der Waals surface area contributed by atoms with E-state index >= 15 is 0 Å². The highest BCUT2D eigenvalue weighted by Gasteiger charge is 2.36. The van der Waals surface area contributed by atoms with Gasteiger partial charge in [-0.1, -0.05) is 6.07 Å². The van der Waals surface area contributed by atoms with Crippen molar-refractivity contribution in [1.82, 2.24) is 29.7 Å². The number of sulfonamides is 1. The Balaban J connectivity index is 1.82. The molecule has 0 bridgehead atoms. The Morgan fingerprint density at radius 1 is 1.00 bits per heavy atom. The second-order valence-electron chi connectivity index (χ2n) is 9.51. The minimum Gasteiger partial charge on any atom is -0.494 e. The maximum absolute atomic E-state index is 13.9. The van der Waals surface area contributed by atoms with E-state index in [0.29, 0.717) is 22.7 Å². The van der Waals surface area contributed by atoms with E-state index in [-0.39, 0.29) is 24.2 Å². The Morgan fingerprint density at radius 2 is 1.67 bits per heavy atom. The number of aliphatic hydroxyl groups excluding tert-OH is 2. The molecule has 3 N–H and O–H groups in total. The highest BCUT2D eigenvalue weighted by atomic mass is 32.2. The van der Waals surface area contributed by atoms with Crippen LogP contribution in [-0.4, -0.2) is 87.1 Å². The molecule has 4 aromatic rings. The smallest absolute Gasteiger partial charge is 0.243 e. The Bertz CT molecular complexity index is 1590. The van der Waals surface area contributed by atoms with Crippen molar-refractivity contribution in [1.29, 1.82) is 0 Å². The number of nitrogens with zero attached hydrogens (tertiary/aromatic N) is 6. The number of para-hydroxylation sites is 1. The quantitative estimate of drug-likeness (QED) is 0.203. The minimum absolute atomic E-state index is 0.0861. The number of benzene rings is 1. The van der Waals surface area contributed by atoms with E-state index in [1.54, 1.807) is 37.5 Å². The first-order chi connectivity index (χ1) is 20.1. The zero-order chi connectivity index (χ0) is 30.4. The van der Waals surface area contributed by atoms with E-state index in [0.717, 1.165) is 11.1 Å². The molecule has 3 heterocycles. The number of nitrogens with one attached hydrogen (secondary N) is 1. The van der Waals surface area contributed by atoms with Crippen molar-refractivity contribution in [2.45, 2.75) is 38.2 Å². The zero-order valence-electron chi connectivity index (χ0n) is 23.8. The average molecular weight is 600 g/mol. The van der Waals surface area contributed by atoms with Crippen molar-refractivity contribution < 1.29 is 32.8 Å². The van der Waals surface area contributed by atoms with Crippen molar-refractivity contribution in [3.63, 3.8) is 0 Å². The van der Waals surface area contributed by atoms with Crippen LogP contribution in [0.4, 0.5) is 5.95 Å². The van der Waals surface area contributed by atoms with Crippen molar-refractivity contribution in [3.05, 3.63) is 66.0 Å². The van der Waals surface area contributed by atoms with Gasteiger partial charge in [0.2, 0.25) is 16.0 Å². The highest BCUT2D eigenvalue weighted by Crippen LogP contribution is 2.38. The summed E-state index contributed by atoms with van der Waals surface area (Å²) in [5.41, 5.74) is 2.54. The van der Waals surface area contributed by atoms with Crippen LogP contribution >= 0.6 is 0 Å². The van der Waals surface area contributed by atoms with Gasteiger partial charge in [-0.15, -0.1) is 10.2 Å². The third kappa shape index (κ3) is 6.65. The Morgan fingerprint density at radius 3 is 2.26 bits per heavy atom. The number of aryl methyl sites for hydroxylation is 2. The van der Waals surface area contributed by atoms with Gasteiger partial charge in [-0.3, -0.25) is 14.3 Å². The van der Waals surface area contributed by atoms with Crippen molar-refractivity contribution in [2.24, 2.45) is 0 Å². The molecule has 224 valence electrons. The maximum Gasteiger partial charge on any atom is 0.243 e. The lowest BCUT2D eigenvalue weighted by Gasteiger charge is -2.25. The molecule has 0 saturated heterocycles. The molecule has 0 spiro atoms. The van der Waals surface area contributed by atoms with Gasteiger partial charge in [0, 0.05) is 30.4 Å². The van der Waals surface area contributed by atoms with Crippen LogP contribution < -0.4 is 14.2 Å². The van der Waals surface area contributed by atoms with Crippen molar-refractivity contribution in [3.8, 4) is 28.6 Å². The van der Waals surface area contributed by atoms with Crippen LogP contribution in [0, 0.1) is 13.8 Å². The molecule has 0 unspecified atom stereocenters. The molecule has 15 heteroatoms.